The number of alkyl halides is 3. The van der Waals surface area contributed by atoms with E-state index in [1.165, 1.54) is 55.5 Å². The SMILES string of the molecule is CC(=O)OCCCCN1CCC(C(=O)c2ccc(S(OS(=O)(=O)C(F)(F)F)(c3ccccc3)c3ccccc3)cc2)CC1. The van der Waals surface area contributed by atoms with Crippen LogP contribution in [0.3, 0.4) is 0 Å². The van der Waals surface area contributed by atoms with Crippen LogP contribution in [0.1, 0.15) is 43.0 Å². The van der Waals surface area contributed by atoms with Crippen LogP contribution in [0.15, 0.2) is 99.6 Å². The summed E-state index contributed by atoms with van der Waals surface area (Å²) in [5.74, 6) is -0.561. The van der Waals surface area contributed by atoms with Gasteiger partial charge in [0.15, 0.2) is 5.78 Å². The average Bonchev–Trinajstić information content (AvgIpc) is 3.00. The van der Waals surface area contributed by atoms with Crippen molar-refractivity contribution in [2.24, 2.45) is 5.92 Å². The first-order valence-corrected chi connectivity index (χ1v) is 16.9. The van der Waals surface area contributed by atoms with E-state index in [4.69, 9.17) is 8.37 Å². The second kappa shape index (κ2) is 14.1. The highest BCUT2D eigenvalue weighted by atomic mass is 32.3. The number of Topliss-reactive ketones (excluding diaryl/α,β-unsaturated/α-hetero) is 1. The lowest BCUT2D eigenvalue weighted by Crippen LogP contribution is -2.37. The van der Waals surface area contributed by atoms with Crippen LogP contribution in [0.5, 0.6) is 0 Å². The molecular formula is C31H34F3NO6S2. The third kappa shape index (κ3) is 7.86. The number of halogens is 3. The zero-order valence-corrected chi connectivity index (χ0v) is 25.3. The highest BCUT2D eigenvalue weighted by Gasteiger charge is 2.52. The minimum Gasteiger partial charge on any atom is -0.466 e. The number of hydrogen-bond acceptors (Lipinski definition) is 7. The van der Waals surface area contributed by atoms with Gasteiger partial charge in [0.2, 0.25) is 0 Å². The molecule has 1 saturated heterocycles. The van der Waals surface area contributed by atoms with Crippen molar-refractivity contribution in [3.63, 3.8) is 0 Å². The van der Waals surface area contributed by atoms with Crippen molar-refractivity contribution < 1.29 is 39.5 Å². The molecule has 1 heterocycles. The Morgan fingerprint density at radius 2 is 1.33 bits per heavy atom. The number of ketones is 1. The Labute approximate surface area is 251 Å². The molecule has 1 aliphatic heterocycles. The fraction of sp³-hybridized carbons (Fsp3) is 0.355. The van der Waals surface area contributed by atoms with E-state index in [1.807, 2.05) is 0 Å². The number of rotatable bonds is 12. The van der Waals surface area contributed by atoms with Crippen molar-refractivity contribution in [1.82, 2.24) is 4.90 Å². The molecule has 1 fully saturated rings. The Bertz CT molecular complexity index is 1440. The molecule has 0 bridgehead atoms. The Morgan fingerprint density at radius 1 is 0.814 bits per heavy atom. The van der Waals surface area contributed by atoms with Crippen LogP contribution >= 0.6 is 10.3 Å². The maximum absolute atomic E-state index is 13.7. The second-order valence-electron chi connectivity index (χ2n) is 10.2. The van der Waals surface area contributed by atoms with Crippen LogP contribution in [0, 0.1) is 5.92 Å². The fourth-order valence-corrected chi connectivity index (χ4v) is 9.78. The Balaban J connectivity index is 1.57. The maximum Gasteiger partial charge on any atom is 0.524 e. The van der Waals surface area contributed by atoms with Crippen molar-refractivity contribution in [2.45, 2.75) is 52.8 Å². The van der Waals surface area contributed by atoms with Crippen LogP contribution in [-0.4, -0.2) is 56.8 Å². The second-order valence-corrected chi connectivity index (χ2v) is 14.6. The first-order chi connectivity index (χ1) is 20.4. The maximum atomic E-state index is 13.7. The van der Waals surface area contributed by atoms with Crippen molar-refractivity contribution in [1.29, 1.82) is 0 Å². The number of unbranched alkanes of at least 4 members (excludes halogenated alkanes) is 1. The van der Waals surface area contributed by atoms with Crippen LogP contribution in [0.25, 0.3) is 0 Å². The molecule has 3 aromatic rings. The standard InChI is InChI=1S/C31H34F3NO6S2/c1-24(36)40-23-9-8-20-35-21-18-26(19-22-35)30(37)25-14-16-29(17-15-25)42(27-10-4-2-5-11-27,28-12-6-3-7-13-28)41-43(38,39)31(32,33)34/h2-7,10-17,26H,8-9,18-23H2,1H3. The summed E-state index contributed by atoms with van der Waals surface area (Å²) >= 11 is 0. The van der Waals surface area contributed by atoms with E-state index < -0.39 is 25.9 Å². The van der Waals surface area contributed by atoms with Crippen molar-refractivity contribution in [3.05, 3.63) is 90.5 Å². The lowest BCUT2D eigenvalue weighted by atomic mass is 9.89. The third-order valence-corrected chi connectivity index (χ3v) is 12.1. The molecule has 0 unspecified atom stereocenters. The third-order valence-electron chi connectivity index (χ3n) is 7.23. The summed E-state index contributed by atoms with van der Waals surface area (Å²) < 4.78 is 76.3. The molecule has 43 heavy (non-hydrogen) atoms. The number of piperidine rings is 1. The summed E-state index contributed by atoms with van der Waals surface area (Å²) in [5, 5.41) is 0. The van der Waals surface area contributed by atoms with Gasteiger partial charge in [-0.1, -0.05) is 48.5 Å². The van der Waals surface area contributed by atoms with Gasteiger partial charge in [-0.3, -0.25) is 9.59 Å². The Kier molecular flexibility index (Phi) is 10.7. The van der Waals surface area contributed by atoms with E-state index in [0.717, 1.165) is 32.5 Å². The molecule has 0 N–H and O–H groups in total. The minimum atomic E-state index is -6.02. The predicted molar refractivity (Wildman–Crippen MR) is 157 cm³/mol. The molecule has 0 saturated carbocycles. The highest BCUT2D eigenvalue weighted by molar-refractivity contribution is 8.33. The first kappa shape index (κ1) is 32.7. The van der Waals surface area contributed by atoms with E-state index in [0.29, 0.717) is 25.0 Å². The zero-order chi connectivity index (χ0) is 31.1. The number of hydrogen-bond donors (Lipinski definition) is 0. The Morgan fingerprint density at radius 3 is 1.81 bits per heavy atom. The molecule has 0 amide bonds. The van der Waals surface area contributed by atoms with Crippen LogP contribution in [-0.2, 0) is 23.3 Å². The van der Waals surface area contributed by atoms with Crippen molar-refractivity contribution in [3.8, 4) is 0 Å². The molecular weight excluding hydrogens is 603 g/mol. The molecule has 0 aliphatic carbocycles. The quantitative estimate of drug-likeness (QED) is 0.0916. The van der Waals surface area contributed by atoms with Gasteiger partial charge in [-0.25, -0.2) is 0 Å². The summed E-state index contributed by atoms with van der Waals surface area (Å²) in [7, 11) is -9.44. The molecule has 232 valence electrons. The molecule has 1 aliphatic rings. The number of benzene rings is 3. The van der Waals surface area contributed by atoms with E-state index in [9.17, 15) is 31.2 Å². The molecule has 4 rings (SSSR count). The number of ether oxygens (including phenoxy) is 1. The van der Waals surface area contributed by atoms with Gasteiger partial charge in [0.05, 0.1) is 6.61 Å². The minimum absolute atomic E-state index is 0.0649. The molecule has 0 radical (unpaired) electrons. The predicted octanol–water partition coefficient (Wildman–Crippen LogP) is 6.99. The summed E-state index contributed by atoms with van der Waals surface area (Å²) in [6, 6.07) is 22.0. The van der Waals surface area contributed by atoms with Gasteiger partial charge in [0, 0.05) is 33.1 Å². The summed E-state index contributed by atoms with van der Waals surface area (Å²) in [6.07, 6.45) is 2.99. The van der Waals surface area contributed by atoms with Gasteiger partial charge in [-0.2, -0.15) is 25.2 Å². The summed E-state index contributed by atoms with van der Waals surface area (Å²) in [6.45, 7) is 4.12. The van der Waals surface area contributed by atoms with Crippen LogP contribution in [0.2, 0.25) is 0 Å². The topological polar surface area (TPSA) is 90.0 Å². The molecule has 12 heteroatoms. The van der Waals surface area contributed by atoms with Gasteiger partial charge >= 0.3 is 21.6 Å². The lowest BCUT2D eigenvalue weighted by Gasteiger charge is -2.39. The first-order valence-electron chi connectivity index (χ1n) is 13.9. The van der Waals surface area contributed by atoms with E-state index in [1.54, 1.807) is 36.4 Å². The number of carbonyl (C=O) groups is 2. The normalized spacial score (nSPS) is 15.6. The molecule has 3 aromatic carbocycles. The van der Waals surface area contributed by atoms with E-state index in [-0.39, 0.29) is 32.4 Å². The van der Waals surface area contributed by atoms with Crippen LogP contribution < -0.4 is 0 Å². The van der Waals surface area contributed by atoms with Gasteiger partial charge < -0.3 is 9.64 Å². The molecule has 7 nitrogen and oxygen atoms in total. The zero-order valence-electron chi connectivity index (χ0n) is 23.7. The van der Waals surface area contributed by atoms with Gasteiger partial charge in [0.25, 0.3) is 0 Å². The van der Waals surface area contributed by atoms with E-state index in [2.05, 4.69) is 4.90 Å². The molecule has 0 aromatic heterocycles. The smallest absolute Gasteiger partial charge is 0.466 e. The number of carbonyl (C=O) groups excluding carboxylic acids is 2. The monoisotopic (exact) mass is 637 g/mol. The van der Waals surface area contributed by atoms with Gasteiger partial charge in [0.1, 0.15) is 0 Å². The van der Waals surface area contributed by atoms with Crippen molar-refractivity contribution in [2.75, 3.05) is 26.2 Å². The average molecular weight is 638 g/mol. The Hall–Kier alpha value is -3.19. The highest BCUT2D eigenvalue weighted by Crippen LogP contribution is 2.70. The van der Waals surface area contributed by atoms with E-state index >= 15 is 0 Å². The van der Waals surface area contributed by atoms with Gasteiger partial charge in [-0.05, 0) is 92.0 Å². The number of likely N-dealkylation sites (tertiary alicyclic amines) is 1. The lowest BCUT2D eigenvalue weighted by molar-refractivity contribution is -0.141. The number of nitrogens with zero attached hydrogens (tertiary/aromatic N) is 1. The fourth-order valence-electron chi connectivity index (χ4n) is 5.04. The van der Waals surface area contributed by atoms with Crippen molar-refractivity contribution >= 4 is 32.2 Å². The largest absolute Gasteiger partial charge is 0.524 e. The summed E-state index contributed by atoms with van der Waals surface area (Å²) in [5.41, 5.74) is -5.24. The number of esters is 1. The van der Waals surface area contributed by atoms with Crippen LogP contribution in [0.4, 0.5) is 13.2 Å². The molecule has 0 atom stereocenters. The molecule has 0 spiro atoms. The van der Waals surface area contributed by atoms with Gasteiger partial charge in [-0.15, -0.1) is 0 Å². The summed E-state index contributed by atoms with van der Waals surface area (Å²) in [4.78, 5) is 27.3.